The molecule has 0 heterocycles. The molecule has 0 bridgehead atoms. The molecule has 0 aliphatic carbocycles. The van der Waals surface area contributed by atoms with Crippen molar-refractivity contribution in [3.05, 3.63) is 47.5 Å². The molecule has 4 rings (SSSR count). The summed E-state index contributed by atoms with van der Waals surface area (Å²) in [5, 5.41) is 5.07. The third kappa shape index (κ3) is 3.98. The van der Waals surface area contributed by atoms with E-state index in [4.69, 9.17) is 32.7 Å². The fourth-order valence-electron chi connectivity index (χ4n) is 4.15. The van der Waals surface area contributed by atoms with Crippen LogP contribution in [0.1, 0.15) is 52.7 Å². The first kappa shape index (κ1) is 22.6. The molecule has 0 fully saturated rings. The molecule has 0 amide bonds. The number of hydrogen-bond acceptors (Lipinski definition) is 4. The van der Waals surface area contributed by atoms with Crippen molar-refractivity contribution in [2.75, 3.05) is 0 Å². The van der Waals surface area contributed by atoms with Gasteiger partial charge in [-0.1, -0.05) is 53.7 Å². The predicted molar refractivity (Wildman–Crippen MR) is 131 cm³/mol. The van der Waals surface area contributed by atoms with Gasteiger partial charge in [0, 0.05) is 44.7 Å². The summed E-state index contributed by atoms with van der Waals surface area (Å²) in [5.41, 5.74) is -0.0670. The number of benzene rings is 4. The third-order valence-corrected chi connectivity index (χ3v) is 5.96. The molecule has 32 heavy (non-hydrogen) atoms. The minimum atomic E-state index is -0.898. The molecule has 0 radical (unpaired) electrons. The van der Waals surface area contributed by atoms with Crippen molar-refractivity contribution in [3.8, 4) is 11.5 Å². The van der Waals surface area contributed by atoms with Crippen LogP contribution in [0.4, 0.5) is 9.59 Å². The third-order valence-electron chi connectivity index (χ3n) is 5.80. The van der Waals surface area contributed by atoms with E-state index in [9.17, 15) is 9.59 Å². The van der Waals surface area contributed by atoms with Crippen molar-refractivity contribution in [1.82, 2.24) is 0 Å². The molecular weight excluding hydrogens is 447 g/mol. The number of carbonyl (C=O) groups excluding carboxylic acids is 2. The monoisotopic (exact) mass is 470 g/mol. The van der Waals surface area contributed by atoms with E-state index in [0.717, 1.165) is 43.4 Å². The van der Waals surface area contributed by atoms with Crippen LogP contribution in [0.15, 0.2) is 36.4 Å². The van der Waals surface area contributed by atoms with Crippen LogP contribution in [0.5, 0.6) is 11.5 Å². The first-order valence-corrected chi connectivity index (χ1v) is 11.1. The smallest absolute Gasteiger partial charge is 0.409 e. The molecule has 0 saturated carbocycles. The maximum absolute atomic E-state index is 11.7. The molecule has 4 aromatic rings. The Morgan fingerprint density at radius 1 is 0.625 bits per heavy atom. The lowest BCUT2D eigenvalue weighted by molar-refractivity contribution is 0.225. The Morgan fingerprint density at radius 3 is 1.25 bits per heavy atom. The molecule has 6 heteroatoms. The molecule has 0 unspecified atom stereocenters. The van der Waals surface area contributed by atoms with Gasteiger partial charge in [0.25, 0.3) is 0 Å². The minimum absolute atomic E-state index is 0.171. The lowest BCUT2D eigenvalue weighted by Gasteiger charge is -2.25. The highest BCUT2D eigenvalue weighted by atomic mass is 35.5. The first-order chi connectivity index (χ1) is 14.8. The van der Waals surface area contributed by atoms with Crippen molar-refractivity contribution < 1.29 is 19.1 Å². The molecule has 0 atom stereocenters. The van der Waals surface area contributed by atoms with Crippen molar-refractivity contribution in [3.63, 3.8) is 0 Å². The van der Waals surface area contributed by atoms with Gasteiger partial charge in [-0.25, -0.2) is 9.59 Å². The molecule has 0 aromatic heterocycles. The van der Waals surface area contributed by atoms with Gasteiger partial charge in [0.1, 0.15) is 11.5 Å². The maximum Gasteiger partial charge on any atom is 0.409 e. The number of ether oxygens (including phenoxy) is 2. The highest BCUT2D eigenvalue weighted by molar-refractivity contribution is 6.61. The molecule has 4 aromatic carbocycles. The maximum atomic E-state index is 11.7. The molecule has 4 nitrogen and oxygen atoms in total. The topological polar surface area (TPSA) is 52.6 Å². The van der Waals surface area contributed by atoms with E-state index in [1.54, 1.807) is 0 Å². The Labute approximate surface area is 196 Å². The second-order valence-electron chi connectivity index (χ2n) is 10.2. The van der Waals surface area contributed by atoms with E-state index < -0.39 is 10.9 Å². The Bertz CT molecular complexity index is 1280. The molecule has 0 saturated heterocycles. The van der Waals surface area contributed by atoms with E-state index in [1.165, 1.54) is 0 Å². The minimum Gasteiger partial charge on any atom is -0.414 e. The molecular formula is C26H24Cl2O4. The second-order valence-corrected chi connectivity index (χ2v) is 10.8. The van der Waals surface area contributed by atoms with Gasteiger partial charge in [0.05, 0.1) is 0 Å². The van der Waals surface area contributed by atoms with Gasteiger partial charge >= 0.3 is 10.9 Å². The van der Waals surface area contributed by atoms with Crippen molar-refractivity contribution >= 4 is 66.4 Å². The van der Waals surface area contributed by atoms with Crippen molar-refractivity contribution in [2.24, 2.45) is 0 Å². The Kier molecular flexibility index (Phi) is 5.30. The highest BCUT2D eigenvalue weighted by Gasteiger charge is 2.24. The lowest BCUT2D eigenvalue weighted by atomic mass is 9.81. The van der Waals surface area contributed by atoms with E-state index in [-0.39, 0.29) is 10.8 Å². The normalized spacial score (nSPS) is 12.6. The van der Waals surface area contributed by atoms with Gasteiger partial charge in [0.15, 0.2) is 0 Å². The largest absolute Gasteiger partial charge is 0.414 e. The van der Waals surface area contributed by atoms with Crippen LogP contribution < -0.4 is 9.47 Å². The summed E-state index contributed by atoms with van der Waals surface area (Å²) >= 11 is 11.2. The predicted octanol–water partition coefficient (Wildman–Crippen LogP) is 8.65. The van der Waals surface area contributed by atoms with Crippen LogP contribution in [0.2, 0.25) is 0 Å². The Hall–Kier alpha value is -2.56. The number of halogens is 2. The highest BCUT2D eigenvalue weighted by Crippen LogP contribution is 2.46. The fraction of sp³-hybridized carbons (Fsp3) is 0.308. The zero-order valence-electron chi connectivity index (χ0n) is 18.9. The average molecular weight is 471 g/mol. The van der Waals surface area contributed by atoms with E-state index in [0.29, 0.717) is 11.5 Å². The lowest BCUT2D eigenvalue weighted by Crippen LogP contribution is -2.12. The van der Waals surface area contributed by atoms with Gasteiger partial charge in [-0.2, -0.15) is 0 Å². The zero-order valence-corrected chi connectivity index (χ0v) is 20.4. The molecule has 166 valence electrons. The van der Waals surface area contributed by atoms with Gasteiger partial charge in [0.2, 0.25) is 0 Å². The van der Waals surface area contributed by atoms with Crippen LogP contribution in [-0.4, -0.2) is 10.9 Å². The van der Waals surface area contributed by atoms with Crippen LogP contribution in [0, 0.1) is 0 Å². The van der Waals surface area contributed by atoms with E-state index in [1.807, 2.05) is 24.3 Å². The number of carbonyl (C=O) groups is 2. The number of rotatable bonds is 2. The molecule has 0 aliphatic heterocycles. The van der Waals surface area contributed by atoms with Crippen LogP contribution in [0.3, 0.4) is 0 Å². The summed E-state index contributed by atoms with van der Waals surface area (Å²) < 4.78 is 10.9. The molecule has 0 aliphatic rings. The average Bonchev–Trinajstić information content (AvgIpc) is 2.64. The molecule has 0 spiro atoms. The van der Waals surface area contributed by atoms with Crippen LogP contribution >= 0.6 is 23.2 Å². The van der Waals surface area contributed by atoms with Crippen LogP contribution in [0.25, 0.3) is 32.3 Å². The summed E-state index contributed by atoms with van der Waals surface area (Å²) in [6.45, 7) is 12.6. The fourth-order valence-corrected chi connectivity index (χ4v) is 4.32. The standard InChI is InChI=1S/C26H24Cl2O4/c1-25(2,3)15-7-13-9-20(32-24(28)30)18-12-16(26(4,5)6)8-14-10-19(31-23(27)29)17(11-15)21(13)22(14)18/h7-12H,1-6H3. The van der Waals surface area contributed by atoms with Crippen molar-refractivity contribution in [1.29, 1.82) is 0 Å². The second kappa shape index (κ2) is 7.50. The summed E-state index contributed by atoms with van der Waals surface area (Å²) in [7, 11) is 0. The Morgan fingerprint density at radius 2 is 0.969 bits per heavy atom. The molecule has 0 N–H and O–H groups in total. The van der Waals surface area contributed by atoms with Gasteiger partial charge in [-0.3, -0.25) is 0 Å². The van der Waals surface area contributed by atoms with Gasteiger partial charge in [-0.05, 0) is 57.0 Å². The summed E-state index contributed by atoms with van der Waals surface area (Å²) in [6.07, 6.45) is 0. The van der Waals surface area contributed by atoms with Gasteiger partial charge < -0.3 is 9.47 Å². The first-order valence-electron chi connectivity index (χ1n) is 10.3. The summed E-state index contributed by atoms with van der Waals surface area (Å²) in [5.74, 6) is 0.783. The zero-order chi connectivity index (χ0) is 23.6. The SMILES string of the molecule is CC(C)(C)c1cc2cc(OC(=O)Cl)c3cc(C(C)(C)C)cc4cc(OC(=O)Cl)c(c1)c2c43. The summed E-state index contributed by atoms with van der Waals surface area (Å²) in [4.78, 5) is 23.4. The van der Waals surface area contributed by atoms with E-state index >= 15 is 0 Å². The van der Waals surface area contributed by atoms with Crippen LogP contribution in [-0.2, 0) is 10.8 Å². The van der Waals surface area contributed by atoms with E-state index in [2.05, 4.69) is 53.7 Å². The summed E-state index contributed by atoms with van der Waals surface area (Å²) in [6, 6.07) is 11.8. The Balaban J connectivity index is 2.25. The quantitative estimate of drug-likeness (QED) is 0.217. The van der Waals surface area contributed by atoms with Gasteiger partial charge in [-0.15, -0.1) is 0 Å². The van der Waals surface area contributed by atoms with Crippen molar-refractivity contribution in [2.45, 2.75) is 52.4 Å². The number of hydrogen-bond donors (Lipinski definition) is 0.